The first-order valence-corrected chi connectivity index (χ1v) is 9.91. The average Bonchev–Trinajstić information content (AvgIpc) is 2.62. The van der Waals surface area contributed by atoms with Gasteiger partial charge in [0.15, 0.2) is 0 Å². The van der Waals surface area contributed by atoms with Crippen molar-refractivity contribution in [2.45, 2.75) is 31.1 Å². The van der Waals surface area contributed by atoms with Crippen molar-refractivity contribution < 1.29 is 9.59 Å². The number of amides is 2. The second-order valence-electron chi connectivity index (χ2n) is 5.90. The van der Waals surface area contributed by atoms with Gasteiger partial charge in [-0.05, 0) is 48.9 Å². The Labute approximate surface area is 163 Å². The van der Waals surface area contributed by atoms with Crippen molar-refractivity contribution in [3.05, 3.63) is 59.1 Å². The van der Waals surface area contributed by atoms with Gasteiger partial charge in [0, 0.05) is 24.3 Å². The summed E-state index contributed by atoms with van der Waals surface area (Å²) in [6, 6.07) is 15.6. The van der Waals surface area contributed by atoms with E-state index in [1.54, 1.807) is 23.9 Å². The molecule has 0 aliphatic rings. The topological polar surface area (TPSA) is 58.2 Å². The van der Waals surface area contributed by atoms with Crippen LogP contribution in [0.1, 0.15) is 24.8 Å². The Morgan fingerprint density at radius 2 is 1.81 bits per heavy atom. The van der Waals surface area contributed by atoms with Gasteiger partial charge in [0.05, 0.1) is 10.7 Å². The minimum absolute atomic E-state index is 0.0279. The van der Waals surface area contributed by atoms with Crippen LogP contribution in [-0.4, -0.2) is 24.1 Å². The summed E-state index contributed by atoms with van der Waals surface area (Å²) < 4.78 is 0. The van der Waals surface area contributed by atoms with E-state index in [2.05, 4.69) is 22.8 Å². The zero-order valence-corrected chi connectivity index (χ0v) is 16.3. The number of thioether (sulfide) groups is 1. The van der Waals surface area contributed by atoms with Gasteiger partial charge in [-0.15, -0.1) is 11.8 Å². The third-order valence-corrected chi connectivity index (χ3v) is 5.04. The number of aryl methyl sites for hydroxylation is 1. The lowest BCUT2D eigenvalue weighted by Gasteiger charge is -2.09. The molecule has 0 radical (unpaired) electrons. The maximum absolute atomic E-state index is 11.9. The molecule has 0 saturated carbocycles. The van der Waals surface area contributed by atoms with Gasteiger partial charge in [-0.3, -0.25) is 9.59 Å². The summed E-state index contributed by atoms with van der Waals surface area (Å²) in [5.41, 5.74) is 1.62. The summed E-state index contributed by atoms with van der Waals surface area (Å²) in [5.74, 6) is 0.694. The molecule has 0 aliphatic heterocycles. The molecule has 2 amide bonds. The number of hydrogen-bond acceptors (Lipinski definition) is 3. The minimum atomic E-state index is -0.171. The highest BCUT2D eigenvalue weighted by Crippen LogP contribution is 2.22. The number of nitrogens with one attached hydrogen (secondary N) is 2. The summed E-state index contributed by atoms with van der Waals surface area (Å²) in [6.45, 7) is 2.26. The Hall–Kier alpha value is -1.98. The normalized spacial score (nSPS) is 10.4. The molecule has 0 spiro atoms. The molecular weight excluding hydrogens is 368 g/mol. The van der Waals surface area contributed by atoms with Gasteiger partial charge in [-0.1, -0.05) is 35.9 Å². The number of benzene rings is 2. The van der Waals surface area contributed by atoms with E-state index >= 15 is 0 Å². The van der Waals surface area contributed by atoms with E-state index in [9.17, 15) is 9.59 Å². The zero-order chi connectivity index (χ0) is 18.8. The molecule has 2 N–H and O–H groups in total. The fourth-order valence-electron chi connectivity index (χ4n) is 2.28. The Bertz CT molecular complexity index is 738. The first-order chi connectivity index (χ1) is 12.5. The minimum Gasteiger partial charge on any atom is -0.356 e. The molecule has 0 saturated heterocycles. The number of carbonyl (C=O) groups is 2. The molecule has 2 aromatic rings. The van der Waals surface area contributed by atoms with Crippen LogP contribution in [0.2, 0.25) is 5.02 Å². The molecule has 2 aromatic carbocycles. The monoisotopic (exact) mass is 390 g/mol. The van der Waals surface area contributed by atoms with Crippen LogP contribution < -0.4 is 10.6 Å². The van der Waals surface area contributed by atoms with Gasteiger partial charge in [0.1, 0.15) is 0 Å². The zero-order valence-electron chi connectivity index (χ0n) is 14.8. The average molecular weight is 391 g/mol. The van der Waals surface area contributed by atoms with Crippen LogP contribution in [0.25, 0.3) is 0 Å². The van der Waals surface area contributed by atoms with E-state index in [1.807, 2.05) is 31.2 Å². The molecule has 26 heavy (non-hydrogen) atoms. The second-order valence-corrected chi connectivity index (χ2v) is 7.47. The highest BCUT2D eigenvalue weighted by Gasteiger charge is 2.07. The predicted octanol–water partition coefficient (Wildman–Crippen LogP) is 4.67. The Morgan fingerprint density at radius 3 is 2.54 bits per heavy atom. The Kier molecular flexibility index (Phi) is 8.51. The predicted molar refractivity (Wildman–Crippen MR) is 109 cm³/mol. The van der Waals surface area contributed by atoms with Crippen molar-refractivity contribution in [3.63, 3.8) is 0 Å². The van der Waals surface area contributed by atoms with Gasteiger partial charge in [-0.2, -0.15) is 0 Å². The molecule has 6 heteroatoms. The fraction of sp³-hybridized carbons (Fsp3) is 0.300. The van der Waals surface area contributed by atoms with Crippen LogP contribution >= 0.6 is 23.4 Å². The van der Waals surface area contributed by atoms with Crippen molar-refractivity contribution in [3.8, 4) is 0 Å². The Morgan fingerprint density at radius 1 is 1.04 bits per heavy atom. The largest absolute Gasteiger partial charge is 0.356 e. The standard InChI is InChI=1S/C20H23ClN2O2S/c1-15-9-10-18(17(21)14-15)23-20(25)11-12-22-19(24)8-5-13-26-16-6-3-2-4-7-16/h2-4,6-7,9-10,14H,5,8,11-13H2,1H3,(H,22,24)(H,23,25). The number of carbonyl (C=O) groups excluding carboxylic acids is 2. The molecule has 2 rings (SSSR count). The van der Waals surface area contributed by atoms with Crippen molar-refractivity contribution in [1.29, 1.82) is 0 Å². The van der Waals surface area contributed by atoms with Crippen LogP contribution in [0, 0.1) is 6.92 Å². The molecule has 0 bridgehead atoms. The van der Waals surface area contributed by atoms with E-state index in [1.165, 1.54) is 4.90 Å². The van der Waals surface area contributed by atoms with Gasteiger partial charge in [0.25, 0.3) is 0 Å². The number of hydrogen-bond donors (Lipinski definition) is 2. The van der Waals surface area contributed by atoms with Gasteiger partial charge in [0.2, 0.25) is 11.8 Å². The van der Waals surface area contributed by atoms with Crippen molar-refractivity contribution in [2.75, 3.05) is 17.6 Å². The van der Waals surface area contributed by atoms with Crippen LogP contribution in [0.5, 0.6) is 0 Å². The van der Waals surface area contributed by atoms with Crippen LogP contribution in [0.4, 0.5) is 5.69 Å². The third kappa shape index (κ3) is 7.50. The van der Waals surface area contributed by atoms with Crippen LogP contribution in [-0.2, 0) is 9.59 Å². The SMILES string of the molecule is Cc1ccc(NC(=O)CCNC(=O)CCCSc2ccccc2)c(Cl)c1. The summed E-state index contributed by atoms with van der Waals surface area (Å²) >= 11 is 7.82. The lowest BCUT2D eigenvalue weighted by Crippen LogP contribution is -2.27. The highest BCUT2D eigenvalue weighted by atomic mass is 35.5. The number of halogens is 1. The molecule has 4 nitrogen and oxygen atoms in total. The first-order valence-electron chi connectivity index (χ1n) is 8.55. The summed E-state index contributed by atoms with van der Waals surface area (Å²) in [5, 5.41) is 6.05. The first kappa shape index (κ1) is 20.3. The highest BCUT2D eigenvalue weighted by molar-refractivity contribution is 7.99. The van der Waals surface area contributed by atoms with Gasteiger partial charge >= 0.3 is 0 Å². The summed E-state index contributed by atoms with van der Waals surface area (Å²) in [4.78, 5) is 24.9. The molecule has 0 fully saturated rings. The van der Waals surface area contributed by atoms with E-state index < -0.39 is 0 Å². The maximum atomic E-state index is 11.9. The molecule has 0 heterocycles. The number of anilines is 1. The molecule has 0 aromatic heterocycles. The second kappa shape index (κ2) is 10.9. The fourth-order valence-corrected chi connectivity index (χ4v) is 3.43. The van der Waals surface area contributed by atoms with E-state index in [0.717, 1.165) is 17.7 Å². The molecular formula is C20H23ClN2O2S. The lowest BCUT2D eigenvalue weighted by atomic mass is 10.2. The van der Waals surface area contributed by atoms with Gasteiger partial charge in [-0.25, -0.2) is 0 Å². The molecule has 0 unspecified atom stereocenters. The van der Waals surface area contributed by atoms with Gasteiger partial charge < -0.3 is 10.6 Å². The molecule has 0 aliphatic carbocycles. The van der Waals surface area contributed by atoms with Crippen molar-refractivity contribution in [1.82, 2.24) is 5.32 Å². The van der Waals surface area contributed by atoms with E-state index in [-0.39, 0.29) is 18.2 Å². The van der Waals surface area contributed by atoms with E-state index in [0.29, 0.717) is 23.7 Å². The van der Waals surface area contributed by atoms with Crippen LogP contribution in [0.3, 0.4) is 0 Å². The molecule has 0 atom stereocenters. The van der Waals surface area contributed by atoms with E-state index in [4.69, 9.17) is 11.6 Å². The Balaban J connectivity index is 1.58. The van der Waals surface area contributed by atoms with Crippen molar-refractivity contribution >= 4 is 40.9 Å². The number of rotatable bonds is 9. The summed E-state index contributed by atoms with van der Waals surface area (Å²) in [6.07, 6.45) is 1.48. The van der Waals surface area contributed by atoms with Crippen molar-refractivity contribution in [2.24, 2.45) is 0 Å². The lowest BCUT2D eigenvalue weighted by molar-refractivity contribution is -0.121. The smallest absolute Gasteiger partial charge is 0.226 e. The third-order valence-electron chi connectivity index (χ3n) is 3.63. The summed E-state index contributed by atoms with van der Waals surface area (Å²) in [7, 11) is 0. The quantitative estimate of drug-likeness (QED) is 0.483. The maximum Gasteiger partial charge on any atom is 0.226 e. The van der Waals surface area contributed by atoms with Crippen LogP contribution in [0.15, 0.2) is 53.4 Å². The molecule has 138 valence electrons.